The molecule has 0 spiro atoms. The minimum atomic E-state index is -3.47. The molecule has 0 aromatic carbocycles. The molecule has 2 fully saturated rings. The molecule has 9 heteroatoms. The van der Waals surface area contributed by atoms with E-state index in [0.29, 0.717) is 43.0 Å². The van der Waals surface area contributed by atoms with Crippen molar-refractivity contribution in [2.75, 3.05) is 39.3 Å². The average Bonchev–Trinajstić information content (AvgIpc) is 3.25. The topological polar surface area (TPSA) is 69.7 Å². The monoisotopic (exact) mass is 377 g/mol. The lowest BCUT2D eigenvalue weighted by molar-refractivity contribution is -0.122. The zero-order chi connectivity index (χ0) is 16.4. The van der Waals surface area contributed by atoms with Gasteiger partial charge in [-0.3, -0.25) is 9.69 Å². The van der Waals surface area contributed by atoms with Crippen LogP contribution in [0.3, 0.4) is 0 Å². The Morgan fingerprint density at radius 3 is 2.52 bits per heavy atom. The number of piperazine rings is 1. The summed E-state index contributed by atoms with van der Waals surface area (Å²) < 4.78 is 27.2. The predicted molar refractivity (Wildman–Crippen MR) is 90.3 cm³/mol. The Labute approximate surface area is 145 Å². The van der Waals surface area contributed by atoms with E-state index in [4.69, 9.17) is 11.6 Å². The van der Waals surface area contributed by atoms with Gasteiger partial charge in [0, 0.05) is 32.7 Å². The molecule has 1 aromatic heterocycles. The molecule has 1 N–H and O–H groups in total. The van der Waals surface area contributed by atoms with Crippen LogP contribution in [-0.4, -0.2) is 62.8 Å². The summed E-state index contributed by atoms with van der Waals surface area (Å²) in [6, 6.07) is 3.14. The standard InChI is InChI=1S/C14H20ClN3O3S2/c15-12-3-4-14(22-12)23(20,21)18-7-5-17(6-8-18)10-13(19)16-9-11-1-2-11/h3-4,11H,1-2,5-10H2,(H,16,19). The molecule has 1 aliphatic heterocycles. The first-order valence-corrected chi connectivity index (χ1v) is 10.3. The summed E-state index contributed by atoms with van der Waals surface area (Å²) in [5.74, 6) is 0.691. The first-order chi connectivity index (χ1) is 10.9. The van der Waals surface area contributed by atoms with Crippen LogP contribution in [0.1, 0.15) is 12.8 Å². The fourth-order valence-corrected chi connectivity index (χ4v) is 5.59. The van der Waals surface area contributed by atoms with Crippen molar-refractivity contribution < 1.29 is 13.2 Å². The van der Waals surface area contributed by atoms with Gasteiger partial charge in [0.1, 0.15) is 4.21 Å². The van der Waals surface area contributed by atoms with Crippen LogP contribution in [0, 0.1) is 5.92 Å². The first-order valence-electron chi connectivity index (χ1n) is 7.70. The Morgan fingerprint density at radius 2 is 1.96 bits per heavy atom. The number of hydrogen-bond acceptors (Lipinski definition) is 5. The molecular formula is C14H20ClN3O3S2. The van der Waals surface area contributed by atoms with E-state index >= 15 is 0 Å². The van der Waals surface area contributed by atoms with E-state index < -0.39 is 10.0 Å². The van der Waals surface area contributed by atoms with E-state index in [1.54, 1.807) is 12.1 Å². The van der Waals surface area contributed by atoms with Gasteiger partial charge in [-0.25, -0.2) is 8.42 Å². The van der Waals surface area contributed by atoms with Crippen LogP contribution in [-0.2, 0) is 14.8 Å². The molecular weight excluding hydrogens is 358 g/mol. The highest BCUT2D eigenvalue weighted by atomic mass is 35.5. The van der Waals surface area contributed by atoms with E-state index in [1.807, 2.05) is 4.90 Å². The molecule has 1 saturated carbocycles. The first kappa shape index (κ1) is 17.2. The lowest BCUT2D eigenvalue weighted by Crippen LogP contribution is -2.51. The van der Waals surface area contributed by atoms with Crippen molar-refractivity contribution >= 4 is 38.9 Å². The van der Waals surface area contributed by atoms with Crippen molar-refractivity contribution in [3.05, 3.63) is 16.5 Å². The molecule has 0 atom stereocenters. The minimum Gasteiger partial charge on any atom is -0.355 e. The number of thiophene rings is 1. The van der Waals surface area contributed by atoms with Gasteiger partial charge < -0.3 is 5.32 Å². The minimum absolute atomic E-state index is 0.0262. The fourth-order valence-electron chi connectivity index (χ4n) is 2.53. The molecule has 0 bridgehead atoms. The molecule has 0 radical (unpaired) electrons. The smallest absolute Gasteiger partial charge is 0.252 e. The van der Waals surface area contributed by atoms with Crippen LogP contribution in [0.5, 0.6) is 0 Å². The zero-order valence-corrected chi connectivity index (χ0v) is 15.1. The summed E-state index contributed by atoms with van der Waals surface area (Å²) in [7, 11) is -3.47. The van der Waals surface area contributed by atoms with Crippen molar-refractivity contribution in [1.29, 1.82) is 0 Å². The average molecular weight is 378 g/mol. The third-order valence-electron chi connectivity index (χ3n) is 4.13. The quantitative estimate of drug-likeness (QED) is 0.809. The van der Waals surface area contributed by atoms with E-state index in [-0.39, 0.29) is 10.1 Å². The lowest BCUT2D eigenvalue weighted by Gasteiger charge is -2.33. The van der Waals surface area contributed by atoms with Crippen molar-refractivity contribution in [2.24, 2.45) is 5.92 Å². The van der Waals surface area contributed by atoms with Crippen LogP contribution in [0.4, 0.5) is 0 Å². The molecule has 1 aliphatic carbocycles. The maximum Gasteiger partial charge on any atom is 0.252 e. The van der Waals surface area contributed by atoms with Gasteiger partial charge in [-0.15, -0.1) is 11.3 Å². The number of amides is 1. The SMILES string of the molecule is O=C(CN1CCN(S(=O)(=O)c2ccc(Cl)s2)CC1)NCC1CC1. The third-order valence-corrected chi connectivity index (χ3v) is 7.72. The fraction of sp³-hybridized carbons (Fsp3) is 0.643. The molecule has 1 saturated heterocycles. The molecule has 23 heavy (non-hydrogen) atoms. The molecule has 1 amide bonds. The lowest BCUT2D eigenvalue weighted by atomic mass is 10.3. The Hall–Kier alpha value is -0.670. The Balaban J connectivity index is 1.48. The second-order valence-corrected chi connectivity index (χ2v) is 9.87. The van der Waals surface area contributed by atoms with Crippen LogP contribution in [0.25, 0.3) is 0 Å². The molecule has 2 heterocycles. The van der Waals surface area contributed by atoms with Crippen molar-refractivity contribution in [2.45, 2.75) is 17.1 Å². The summed E-state index contributed by atoms with van der Waals surface area (Å²) in [4.78, 5) is 13.8. The summed E-state index contributed by atoms with van der Waals surface area (Å²) >= 11 is 6.90. The molecule has 128 valence electrons. The van der Waals surface area contributed by atoms with Gasteiger partial charge >= 0.3 is 0 Å². The number of sulfonamides is 1. The molecule has 1 aromatic rings. The number of carbonyl (C=O) groups is 1. The second kappa shape index (κ2) is 7.06. The van der Waals surface area contributed by atoms with Gasteiger partial charge in [0.05, 0.1) is 10.9 Å². The largest absolute Gasteiger partial charge is 0.355 e. The normalized spacial score (nSPS) is 20.6. The maximum atomic E-state index is 12.5. The Bertz CT molecular complexity index is 665. The highest BCUT2D eigenvalue weighted by molar-refractivity contribution is 7.91. The number of carbonyl (C=O) groups excluding carboxylic acids is 1. The number of nitrogens with zero attached hydrogens (tertiary/aromatic N) is 2. The Kier molecular flexibility index (Phi) is 5.27. The van der Waals surface area contributed by atoms with Gasteiger partial charge in [-0.2, -0.15) is 4.31 Å². The van der Waals surface area contributed by atoms with Gasteiger partial charge in [-0.05, 0) is 30.9 Å². The van der Waals surface area contributed by atoms with Gasteiger partial charge in [0.2, 0.25) is 5.91 Å². The van der Waals surface area contributed by atoms with E-state index in [0.717, 1.165) is 17.9 Å². The summed E-state index contributed by atoms with van der Waals surface area (Å²) in [6.45, 7) is 3.03. The number of nitrogens with one attached hydrogen (secondary N) is 1. The van der Waals surface area contributed by atoms with Crippen LogP contribution < -0.4 is 5.32 Å². The third kappa shape index (κ3) is 4.45. The van der Waals surface area contributed by atoms with Gasteiger partial charge in [-0.1, -0.05) is 11.6 Å². The summed E-state index contributed by atoms with van der Waals surface area (Å²) in [5, 5.41) is 2.94. The highest BCUT2D eigenvalue weighted by Gasteiger charge is 2.30. The van der Waals surface area contributed by atoms with E-state index in [9.17, 15) is 13.2 Å². The number of halogens is 1. The van der Waals surface area contributed by atoms with Crippen LogP contribution >= 0.6 is 22.9 Å². The maximum absolute atomic E-state index is 12.5. The second-order valence-electron chi connectivity index (χ2n) is 5.99. The van der Waals surface area contributed by atoms with E-state index in [2.05, 4.69) is 5.32 Å². The van der Waals surface area contributed by atoms with Crippen molar-refractivity contribution in [3.8, 4) is 0 Å². The van der Waals surface area contributed by atoms with Crippen molar-refractivity contribution in [1.82, 2.24) is 14.5 Å². The van der Waals surface area contributed by atoms with Crippen LogP contribution in [0.2, 0.25) is 4.34 Å². The van der Waals surface area contributed by atoms with Gasteiger partial charge in [0.25, 0.3) is 10.0 Å². The Morgan fingerprint density at radius 1 is 1.26 bits per heavy atom. The molecule has 3 rings (SSSR count). The summed E-state index contributed by atoms with van der Waals surface area (Å²) in [5.41, 5.74) is 0. The van der Waals surface area contributed by atoms with Crippen molar-refractivity contribution in [3.63, 3.8) is 0 Å². The van der Waals surface area contributed by atoms with E-state index in [1.165, 1.54) is 17.1 Å². The molecule has 0 unspecified atom stereocenters. The molecule has 2 aliphatic rings. The predicted octanol–water partition coefficient (Wildman–Crippen LogP) is 1.23. The van der Waals surface area contributed by atoms with Crippen LogP contribution in [0.15, 0.2) is 16.3 Å². The number of hydrogen-bond donors (Lipinski definition) is 1. The molecule has 6 nitrogen and oxygen atoms in total. The number of rotatable bonds is 6. The zero-order valence-electron chi connectivity index (χ0n) is 12.7. The summed E-state index contributed by atoms with van der Waals surface area (Å²) in [6.07, 6.45) is 2.42. The highest BCUT2D eigenvalue weighted by Crippen LogP contribution is 2.29. The van der Waals surface area contributed by atoms with Gasteiger partial charge in [0.15, 0.2) is 0 Å².